The van der Waals surface area contributed by atoms with Gasteiger partial charge in [-0.15, -0.1) is 0 Å². The van der Waals surface area contributed by atoms with Gasteiger partial charge in [0, 0.05) is 11.2 Å². The van der Waals surface area contributed by atoms with Gasteiger partial charge in [0.05, 0.1) is 12.2 Å². The van der Waals surface area contributed by atoms with Gasteiger partial charge >= 0.3 is 0 Å². The average Bonchev–Trinajstić information content (AvgIpc) is 2.15. The van der Waals surface area contributed by atoms with Gasteiger partial charge in [-0.25, -0.2) is 0 Å². The van der Waals surface area contributed by atoms with Crippen molar-refractivity contribution in [1.29, 1.82) is 0 Å². The maximum absolute atomic E-state index is 10.3. The Bertz CT molecular complexity index is 183. The standard InChI is InChI=1S/C10H18O2S/c11-7-9(3-2-6-13-8-9)10(12)4-1-5-10/h11-12H,1-8H2. The number of aliphatic hydroxyl groups excluding tert-OH is 1. The minimum Gasteiger partial charge on any atom is -0.396 e. The molecule has 0 aromatic heterocycles. The molecule has 1 aliphatic heterocycles. The average molecular weight is 202 g/mol. The van der Waals surface area contributed by atoms with Crippen LogP contribution < -0.4 is 0 Å². The van der Waals surface area contributed by atoms with Crippen molar-refractivity contribution < 1.29 is 10.2 Å². The van der Waals surface area contributed by atoms with E-state index in [2.05, 4.69) is 0 Å². The fraction of sp³-hybridized carbons (Fsp3) is 1.00. The fourth-order valence-corrected chi connectivity index (χ4v) is 3.92. The van der Waals surface area contributed by atoms with Crippen molar-refractivity contribution in [2.24, 2.45) is 5.41 Å². The van der Waals surface area contributed by atoms with E-state index >= 15 is 0 Å². The molecule has 1 saturated carbocycles. The molecule has 2 rings (SSSR count). The summed E-state index contributed by atoms with van der Waals surface area (Å²) in [5.41, 5.74) is -0.705. The summed E-state index contributed by atoms with van der Waals surface area (Å²) in [5, 5.41) is 19.8. The molecule has 2 N–H and O–H groups in total. The highest BCUT2D eigenvalue weighted by Gasteiger charge is 2.53. The molecule has 76 valence electrons. The Kier molecular flexibility index (Phi) is 2.60. The molecule has 0 aromatic carbocycles. The third-order valence-electron chi connectivity index (χ3n) is 3.79. The largest absolute Gasteiger partial charge is 0.396 e. The zero-order valence-electron chi connectivity index (χ0n) is 7.96. The first-order valence-electron chi connectivity index (χ1n) is 5.13. The third-order valence-corrected chi connectivity index (χ3v) is 5.13. The summed E-state index contributed by atoms with van der Waals surface area (Å²) >= 11 is 1.88. The van der Waals surface area contributed by atoms with Crippen molar-refractivity contribution in [2.75, 3.05) is 18.1 Å². The van der Waals surface area contributed by atoms with Crippen LogP contribution in [-0.2, 0) is 0 Å². The van der Waals surface area contributed by atoms with E-state index < -0.39 is 5.60 Å². The molecular weight excluding hydrogens is 184 g/mol. The number of rotatable bonds is 2. The Balaban J connectivity index is 2.12. The Hall–Kier alpha value is 0.270. The van der Waals surface area contributed by atoms with Gasteiger partial charge in [0.15, 0.2) is 0 Å². The Morgan fingerprint density at radius 2 is 1.92 bits per heavy atom. The molecule has 2 aliphatic rings. The molecule has 0 bridgehead atoms. The summed E-state index contributed by atoms with van der Waals surface area (Å²) < 4.78 is 0. The minimum absolute atomic E-state index is 0.163. The van der Waals surface area contributed by atoms with Crippen LogP contribution in [0.1, 0.15) is 32.1 Å². The van der Waals surface area contributed by atoms with E-state index in [-0.39, 0.29) is 12.0 Å². The van der Waals surface area contributed by atoms with E-state index in [0.717, 1.165) is 37.9 Å². The Morgan fingerprint density at radius 3 is 2.31 bits per heavy atom. The smallest absolute Gasteiger partial charge is 0.0733 e. The number of hydrogen-bond acceptors (Lipinski definition) is 3. The molecule has 3 heteroatoms. The van der Waals surface area contributed by atoms with Crippen LogP contribution in [-0.4, -0.2) is 33.9 Å². The molecular formula is C10H18O2S. The maximum Gasteiger partial charge on any atom is 0.0733 e. The topological polar surface area (TPSA) is 40.5 Å². The second-order valence-electron chi connectivity index (χ2n) is 4.48. The zero-order valence-corrected chi connectivity index (χ0v) is 8.78. The van der Waals surface area contributed by atoms with Crippen LogP contribution >= 0.6 is 11.8 Å². The highest BCUT2D eigenvalue weighted by Crippen LogP contribution is 2.51. The first-order chi connectivity index (χ1) is 6.22. The highest BCUT2D eigenvalue weighted by atomic mass is 32.2. The van der Waals surface area contributed by atoms with Crippen LogP contribution in [0.15, 0.2) is 0 Å². The second kappa shape index (κ2) is 3.44. The maximum atomic E-state index is 10.3. The predicted molar refractivity (Wildman–Crippen MR) is 54.9 cm³/mol. The van der Waals surface area contributed by atoms with Crippen LogP contribution in [0.3, 0.4) is 0 Å². The van der Waals surface area contributed by atoms with Crippen LogP contribution in [0.25, 0.3) is 0 Å². The van der Waals surface area contributed by atoms with Crippen molar-refractivity contribution in [3.8, 4) is 0 Å². The summed E-state index contributed by atoms with van der Waals surface area (Å²) in [6.45, 7) is 0.163. The van der Waals surface area contributed by atoms with Crippen molar-refractivity contribution in [1.82, 2.24) is 0 Å². The highest BCUT2D eigenvalue weighted by molar-refractivity contribution is 7.99. The predicted octanol–water partition coefficient (Wildman–Crippen LogP) is 1.41. The lowest BCUT2D eigenvalue weighted by molar-refractivity contribution is -0.151. The van der Waals surface area contributed by atoms with E-state index in [4.69, 9.17) is 0 Å². The summed E-state index contributed by atoms with van der Waals surface area (Å²) in [6, 6.07) is 0. The van der Waals surface area contributed by atoms with Gasteiger partial charge < -0.3 is 10.2 Å². The molecule has 1 unspecified atom stereocenters. The molecule has 0 aromatic rings. The van der Waals surface area contributed by atoms with Crippen molar-refractivity contribution in [3.63, 3.8) is 0 Å². The molecule has 1 atom stereocenters. The van der Waals surface area contributed by atoms with Crippen molar-refractivity contribution in [2.45, 2.75) is 37.7 Å². The summed E-state index contributed by atoms with van der Waals surface area (Å²) in [6.07, 6.45) is 5.08. The van der Waals surface area contributed by atoms with E-state index in [9.17, 15) is 10.2 Å². The number of thioether (sulfide) groups is 1. The Labute approximate surface area is 83.7 Å². The number of hydrogen-bond donors (Lipinski definition) is 2. The lowest BCUT2D eigenvalue weighted by atomic mass is 9.60. The van der Waals surface area contributed by atoms with Crippen molar-refractivity contribution >= 4 is 11.8 Å². The molecule has 1 aliphatic carbocycles. The molecule has 2 fully saturated rings. The normalized spacial score (nSPS) is 38.3. The van der Waals surface area contributed by atoms with E-state index in [1.54, 1.807) is 0 Å². The summed E-state index contributed by atoms with van der Waals surface area (Å²) in [4.78, 5) is 0. The van der Waals surface area contributed by atoms with Gasteiger partial charge in [0.1, 0.15) is 0 Å². The molecule has 0 amide bonds. The Morgan fingerprint density at radius 1 is 1.15 bits per heavy atom. The SMILES string of the molecule is OCC1(C2(O)CCC2)CCCSC1. The second-order valence-corrected chi connectivity index (χ2v) is 5.58. The van der Waals surface area contributed by atoms with Crippen LogP contribution in [0.5, 0.6) is 0 Å². The lowest BCUT2D eigenvalue weighted by Gasteiger charge is -2.53. The van der Waals surface area contributed by atoms with Gasteiger partial charge in [-0.3, -0.25) is 0 Å². The van der Waals surface area contributed by atoms with Gasteiger partial charge in [-0.2, -0.15) is 11.8 Å². The van der Waals surface area contributed by atoms with Gasteiger partial charge in [-0.05, 0) is 37.9 Å². The van der Waals surface area contributed by atoms with Gasteiger partial charge in [0.25, 0.3) is 0 Å². The van der Waals surface area contributed by atoms with E-state index in [1.165, 1.54) is 5.75 Å². The lowest BCUT2D eigenvalue weighted by Crippen LogP contribution is -2.57. The molecule has 0 spiro atoms. The first kappa shape index (κ1) is 9.81. The molecule has 1 heterocycles. The molecule has 13 heavy (non-hydrogen) atoms. The van der Waals surface area contributed by atoms with E-state index in [0.29, 0.717) is 0 Å². The van der Waals surface area contributed by atoms with Gasteiger partial charge in [-0.1, -0.05) is 0 Å². The monoisotopic (exact) mass is 202 g/mol. The molecule has 0 radical (unpaired) electrons. The summed E-state index contributed by atoms with van der Waals surface area (Å²) in [5.74, 6) is 2.14. The molecule has 1 saturated heterocycles. The summed E-state index contributed by atoms with van der Waals surface area (Å²) in [7, 11) is 0. The first-order valence-corrected chi connectivity index (χ1v) is 6.29. The quantitative estimate of drug-likeness (QED) is 0.711. The van der Waals surface area contributed by atoms with Crippen LogP contribution in [0.4, 0.5) is 0 Å². The fourth-order valence-electron chi connectivity index (χ4n) is 2.53. The zero-order chi connectivity index (χ0) is 9.36. The van der Waals surface area contributed by atoms with E-state index in [1.807, 2.05) is 11.8 Å². The number of aliphatic hydroxyl groups is 2. The molecule has 2 nitrogen and oxygen atoms in total. The van der Waals surface area contributed by atoms with Crippen LogP contribution in [0, 0.1) is 5.41 Å². The van der Waals surface area contributed by atoms with Crippen LogP contribution in [0.2, 0.25) is 0 Å². The minimum atomic E-state index is -0.533. The van der Waals surface area contributed by atoms with Crippen molar-refractivity contribution in [3.05, 3.63) is 0 Å². The third kappa shape index (κ3) is 1.41. The van der Waals surface area contributed by atoms with Gasteiger partial charge in [0.2, 0.25) is 0 Å².